The molecule has 1 aromatic rings. The standard InChI is InChI=1S/C14H17F3N2S/c1-10(13-18-7-2-8-19-13)9-11-3-5-12(6-4-11)20-14(15,16)17/h3-6,10H,2,7-9H2,1H3,(H,18,19)/t10-/m0/s1. The summed E-state index contributed by atoms with van der Waals surface area (Å²) in [5.74, 6) is 1.27. The Balaban J connectivity index is 1.95. The van der Waals surface area contributed by atoms with Crippen LogP contribution in [0.2, 0.25) is 0 Å². The predicted molar refractivity (Wildman–Crippen MR) is 76.1 cm³/mol. The number of rotatable bonds is 4. The van der Waals surface area contributed by atoms with E-state index < -0.39 is 5.51 Å². The molecule has 0 bridgehead atoms. The maximum absolute atomic E-state index is 12.2. The lowest BCUT2D eigenvalue weighted by atomic mass is 9.99. The van der Waals surface area contributed by atoms with E-state index >= 15 is 0 Å². The van der Waals surface area contributed by atoms with Crippen LogP contribution in [0.4, 0.5) is 13.2 Å². The average Bonchev–Trinajstić information content (AvgIpc) is 2.40. The number of benzene rings is 1. The molecule has 0 saturated carbocycles. The molecule has 1 N–H and O–H groups in total. The van der Waals surface area contributed by atoms with Gasteiger partial charge in [-0.15, -0.1) is 0 Å². The minimum Gasteiger partial charge on any atom is -0.374 e. The molecule has 1 aliphatic rings. The van der Waals surface area contributed by atoms with Crippen molar-refractivity contribution < 1.29 is 13.2 Å². The Kier molecular flexibility index (Phi) is 4.96. The van der Waals surface area contributed by atoms with Gasteiger partial charge in [0.05, 0.1) is 5.84 Å². The monoisotopic (exact) mass is 302 g/mol. The van der Waals surface area contributed by atoms with Gasteiger partial charge >= 0.3 is 5.51 Å². The molecule has 1 atom stereocenters. The van der Waals surface area contributed by atoms with Crippen LogP contribution < -0.4 is 5.32 Å². The van der Waals surface area contributed by atoms with Crippen molar-refractivity contribution in [3.8, 4) is 0 Å². The summed E-state index contributed by atoms with van der Waals surface area (Å²) < 4.78 is 36.7. The topological polar surface area (TPSA) is 24.4 Å². The van der Waals surface area contributed by atoms with Crippen LogP contribution in [0.1, 0.15) is 18.9 Å². The summed E-state index contributed by atoms with van der Waals surface area (Å²) in [6, 6.07) is 6.56. The first-order valence-corrected chi connectivity index (χ1v) is 7.38. The van der Waals surface area contributed by atoms with Gasteiger partial charge in [0.25, 0.3) is 0 Å². The molecule has 0 fully saturated rings. The van der Waals surface area contributed by atoms with Gasteiger partial charge in [0.2, 0.25) is 0 Å². The molecule has 6 heteroatoms. The van der Waals surface area contributed by atoms with Crippen molar-refractivity contribution in [1.82, 2.24) is 5.32 Å². The Hall–Kier alpha value is -1.17. The van der Waals surface area contributed by atoms with Crippen LogP contribution in [0.15, 0.2) is 34.2 Å². The number of nitrogens with one attached hydrogen (secondary N) is 1. The van der Waals surface area contributed by atoms with E-state index in [0.29, 0.717) is 0 Å². The van der Waals surface area contributed by atoms with Crippen LogP contribution in [-0.2, 0) is 6.42 Å². The van der Waals surface area contributed by atoms with Crippen molar-refractivity contribution in [3.63, 3.8) is 0 Å². The molecule has 1 aromatic carbocycles. The van der Waals surface area contributed by atoms with Crippen LogP contribution in [0.5, 0.6) is 0 Å². The SMILES string of the molecule is C[C@@H](Cc1ccc(SC(F)(F)F)cc1)C1=NCCCN1. The minimum absolute atomic E-state index is 0.0797. The van der Waals surface area contributed by atoms with E-state index in [1.165, 1.54) is 12.1 Å². The van der Waals surface area contributed by atoms with Gasteiger partial charge in [0.15, 0.2) is 0 Å². The number of amidine groups is 1. The molecule has 0 radical (unpaired) electrons. The van der Waals surface area contributed by atoms with Crippen molar-refractivity contribution in [2.24, 2.45) is 10.9 Å². The first kappa shape index (κ1) is 15.2. The largest absolute Gasteiger partial charge is 0.446 e. The molecule has 2 nitrogen and oxygen atoms in total. The first-order chi connectivity index (χ1) is 9.44. The quantitative estimate of drug-likeness (QED) is 0.854. The highest BCUT2D eigenvalue weighted by atomic mass is 32.2. The van der Waals surface area contributed by atoms with Gasteiger partial charge in [0.1, 0.15) is 0 Å². The van der Waals surface area contributed by atoms with Gasteiger partial charge in [-0.05, 0) is 42.3 Å². The van der Waals surface area contributed by atoms with Gasteiger partial charge in [-0.2, -0.15) is 13.2 Å². The van der Waals surface area contributed by atoms with Crippen molar-refractivity contribution in [1.29, 1.82) is 0 Å². The predicted octanol–water partition coefficient (Wildman–Crippen LogP) is 3.87. The molecule has 1 aliphatic heterocycles. The van der Waals surface area contributed by atoms with Gasteiger partial charge < -0.3 is 5.32 Å². The normalized spacial score (nSPS) is 17.3. The van der Waals surface area contributed by atoms with Crippen molar-refractivity contribution in [3.05, 3.63) is 29.8 Å². The first-order valence-electron chi connectivity index (χ1n) is 6.57. The fourth-order valence-electron chi connectivity index (χ4n) is 2.16. The van der Waals surface area contributed by atoms with Gasteiger partial charge in [-0.25, -0.2) is 0 Å². The Morgan fingerprint density at radius 2 is 2.00 bits per heavy atom. The summed E-state index contributed by atoms with van der Waals surface area (Å²) in [7, 11) is 0. The molecule has 0 aromatic heterocycles. The van der Waals surface area contributed by atoms with E-state index in [4.69, 9.17) is 0 Å². The van der Waals surface area contributed by atoms with Gasteiger partial charge in [-0.1, -0.05) is 19.1 Å². The Labute approximate surface area is 120 Å². The summed E-state index contributed by atoms with van der Waals surface area (Å²) in [6.07, 6.45) is 1.84. The summed E-state index contributed by atoms with van der Waals surface area (Å²) in [5.41, 5.74) is -3.20. The average molecular weight is 302 g/mol. The highest BCUT2D eigenvalue weighted by Crippen LogP contribution is 2.36. The van der Waals surface area contributed by atoms with E-state index in [1.807, 2.05) is 0 Å². The van der Waals surface area contributed by atoms with E-state index in [2.05, 4.69) is 17.2 Å². The summed E-state index contributed by atoms with van der Waals surface area (Å²) in [5, 5.41) is 3.28. The Morgan fingerprint density at radius 3 is 2.55 bits per heavy atom. The third-order valence-electron chi connectivity index (χ3n) is 3.09. The van der Waals surface area contributed by atoms with E-state index in [1.54, 1.807) is 12.1 Å². The number of nitrogens with zero attached hydrogens (tertiary/aromatic N) is 1. The Morgan fingerprint density at radius 1 is 1.30 bits per heavy atom. The zero-order valence-electron chi connectivity index (χ0n) is 11.2. The lowest BCUT2D eigenvalue weighted by Crippen LogP contribution is -2.35. The van der Waals surface area contributed by atoms with Crippen LogP contribution in [-0.4, -0.2) is 24.4 Å². The molecular weight excluding hydrogens is 285 g/mol. The van der Waals surface area contributed by atoms with Crippen LogP contribution in [0, 0.1) is 5.92 Å². The van der Waals surface area contributed by atoms with Crippen molar-refractivity contribution in [2.75, 3.05) is 13.1 Å². The highest BCUT2D eigenvalue weighted by Gasteiger charge is 2.29. The molecule has 0 spiro atoms. The third kappa shape index (κ3) is 4.74. The number of aliphatic imine (C=N–C) groups is 1. The van der Waals surface area contributed by atoms with E-state index in [9.17, 15) is 13.2 Å². The lowest BCUT2D eigenvalue weighted by Gasteiger charge is -2.20. The van der Waals surface area contributed by atoms with Crippen LogP contribution in [0.25, 0.3) is 0 Å². The molecule has 1 heterocycles. The summed E-state index contributed by atoms with van der Waals surface area (Å²) in [6.45, 7) is 3.88. The second kappa shape index (κ2) is 6.52. The zero-order valence-corrected chi connectivity index (χ0v) is 12.0. The maximum atomic E-state index is 12.2. The smallest absolute Gasteiger partial charge is 0.374 e. The second-order valence-electron chi connectivity index (χ2n) is 4.84. The zero-order chi connectivity index (χ0) is 14.6. The third-order valence-corrected chi connectivity index (χ3v) is 3.83. The number of thioether (sulfide) groups is 1. The second-order valence-corrected chi connectivity index (χ2v) is 5.98. The maximum Gasteiger partial charge on any atom is 0.446 e. The fraction of sp³-hybridized carbons (Fsp3) is 0.500. The van der Waals surface area contributed by atoms with Gasteiger partial charge in [-0.3, -0.25) is 4.99 Å². The van der Waals surface area contributed by atoms with E-state index in [-0.39, 0.29) is 22.6 Å². The molecule has 0 aliphatic carbocycles. The highest BCUT2D eigenvalue weighted by molar-refractivity contribution is 8.00. The summed E-state index contributed by atoms with van der Waals surface area (Å²) >= 11 is -0.0797. The van der Waals surface area contributed by atoms with Gasteiger partial charge in [0, 0.05) is 23.9 Å². The minimum atomic E-state index is -4.23. The van der Waals surface area contributed by atoms with Crippen molar-refractivity contribution in [2.45, 2.75) is 30.2 Å². The molecule has 2 rings (SSSR count). The molecule has 110 valence electrons. The Bertz CT molecular complexity index is 468. The fourth-order valence-corrected chi connectivity index (χ4v) is 2.70. The van der Waals surface area contributed by atoms with Crippen LogP contribution >= 0.6 is 11.8 Å². The number of alkyl halides is 3. The summed E-state index contributed by atoms with van der Waals surface area (Å²) in [4.78, 5) is 4.67. The molecule has 20 heavy (non-hydrogen) atoms. The van der Waals surface area contributed by atoms with Crippen molar-refractivity contribution >= 4 is 17.6 Å². The van der Waals surface area contributed by atoms with E-state index in [0.717, 1.165) is 37.3 Å². The number of halogens is 3. The van der Waals surface area contributed by atoms with Crippen LogP contribution in [0.3, 0.4) is 0 Å². The molecule has 0 amide bonds. The molecular formula is C14H17F3N2S. The molecule has 0 unspecified atom stereocenters. The number of hydrogen-bond acceptors (Lipinski definition) is 3. The molecule has 0 saturated heterocycles. The lowest BCUT2D eigenvalue weighted by molar-refractivity contribution is -0.0328. The number of hydrogen-bond donors (Lipinski definition) is 1.